The van der Waals surface area contributed by atoms with Gasteiger partial charge in [-0.15, -0.1) is 0 Å². The number of likely N-dealkylation sites (N-methyl/N-ethyl adjacent to an activating group) is 1. The largest absolute Gasteiger partial charge is 0.406 e. The predicted molar refractivity (Wildman–Crippen MR) is 101 cm³/mol. The molecule has 0 spiro atoms. The van der Waals surface area contributed by atoms with Gasteiger partial charge in [0.25, 0.3) is 0 Å². The van der Waals surface area contributed by atoms with E-state index in [0.717, 1.165) is 25.4 Å². The Balaban J connectivity index is 2.87. The molecule has 0 atom stereocenters. The molecule has 0 radical (unpaired) electrons. The topological polar surface area (TPSA) is 90.9 Å². The summed E-state index contributed by atoms with van der Waals surface area (Å²) in [5.74, 6) is -1.52. The molecule has 1 rings (SSSR count). The number of nitrogens with one attached hydrogen (secondary N) is 2. The Labute approximate surface area is 167 Å². The summed E-state index contributed by atoms with van der Waals surface area (Å²) >= 11 is 0. The van der Waals surface area contributed by atoms with Crippen molar-refractivity contribution in [1.29, 1.82) is 0 Å². The number of rotatable bonds is 8. The number of alkyl halides is 3. The van der Waals surface area contributed by atoms with Crippen LogP contribution in [0, 0.1) is 5.82 Å². The number of hydrogen-bond acceptors (Lipinski definition) is 4. The second kappa shape index (κ2) is 10.4. The molecule has 0 bridgehead atoms. The molecule has 29 heavy (non-hydrogen) atoms. The Kier molecular flexibility index (Phi) is 8.86. The first-order chi connectivity index (χ1) is 13.3. The van der Waals surface area contributed by atoms with Crippen LogP contribution in [0.1, 0.15) is 18.1 Å². The van der Waals surface area contributed by atoms with Gasteiger partial charge in [-0.2, -0.15) is 13.2 Å². The Hall–Kier alpha value is -2.37. The van der Waals surface area contributed by atoms with Crippen molar-refractivity contribution >= 4 is 21.7 Å². The Morgan fingerprint density at radius 1 is 1.21 bits per heavy atom. The zero-order chi connectivity index (χ0) is 22.2. The zero-order valence-corrected chi connectivity index (χ0v) is 17.1. The van der Waals surface area contributed by atoms with Gasteiger partial charge in [-0.05, 0) is 30.2 Å². The molecule has 0 fully saturated rings. The molecule has 0 saturated carbocycles. The fourth-order valence-corrected chi connectivity index (χ4v) is 3.17. The summed E-state index contributed by atoms with van der Waals surface area (Å²) in [6, 6.07) is 3.67. The van der Waals surface area contributed by atoms with E-state index >= 15 is 0 Å². The van der Waals surface area contributed by atoms with Crippen molar-refractivity contribution in [3.05, 3.63) is 35.1 Å². The summed E-state index contributed by atoms with van der Waals surface area (Å²) in [6.45, 7) is 0.242. The van der Waals surface area contributed by atoms with E-state index in [1.54, 1.807) is 6.92 Å². The lowest BCUT2D eigenvalue weighted by molar-refractivity contribution is -0.157. The van der Waals surface area contributed by atoms with Gasteiger partial charge in [0, 0.05) is 19.8 Å². The molecule has 7 nitrogen and oxygen atoms in total. The van der Waals surface area contributed by atoms with Crippen LogP contribution in [0.3, 0.4) is 0 Å². The number of halogens is 4. The molecule has 0 aliphatic heterocycles. The highest BCUT2D eigenvalue weighted by molar-refractivity contribution is 7.89. The van der Waals surface area contributed by atoms with Crippen LogP contribution >= 0.6 is 0 Å². The van der Waals surface area contributed by atoms with Crippen LogP contribution in [0.15, 0.2) is 23.2 Å². The normalized spacial score (nSPS) is 12.6. The maximum Gasteiger partial charge on any atom is 0.406 e. The third-order valence-electron chi connectivity index (χ3n) is 3.59. The highest BCUT2D eigenvalue weighted by atomic mass is 32.2. The number of carbonyl (C=O) groups is 1. The fraction of sp³-hybridized carbons (Fsp3) is 0.529. The molecular weight excluding hydrogens is 416 g/mol. The van der Waals surface area contributed by atoms with E-state index in [9.17, 15) is 30.8 Å². The molecule has 0 aliphatic carbocycles. The van der Waals surface area contributed by atoms with Gasteiger partial charge in [-0.3, -0.25) is 4.79 Å². The Morgan fingerprint density at radius 3 is 2.41 bits per heavy atom. The van der Waals surface area contributed by atoms with Crippen molar-refractivity contribution in [3.63, 3.8) is 0 Å². The van der Waals surface area contributed by atoms with Gasteiger partial charge in [0.15, 0.2) is 15.8 Å². The lowest BCUT2D eigenvalue weighted by Crippen LogP contribution is -2.45. The quantitative estimate of drug-likeness (QED) is 0.363. The zero-order valence-electron chi connectivity index (χ0n) is 16.3. The molecule has 0 heterocycles. The third kappa shape index (κ3) is 10.1. The van der Waals surface area contributed by atoms with E-state index in [-0.39, 0.29) is 18.3 Å². The van der Waals surface area contributed by atoms with Gasteiger partial charge < -0.3 is 15.5 Å². The Bertz CT molecular complexity index is 842. The van der Waals surface area contributed by atoms with E-state index in [4.69, 9.17) is 0 Å². The number of sulfone groups is 1. The molecule has 2 N–H and O–H groups in total. The number of benzene rings is 1. The molecular formula is C17H24F4N4O3S. The molecule has 0 aliphatic rings. The molecule has 164 valence electrons. The summed E-state index contributed by atoms with van der Waals surface area (Å²) in [7, 11) is -2.32. The average molecular weight is 440 g/mol. The summed E-state index contributed by atoms with van der Waals surface area (Å²) in [5, 5.41) is 5.42. The SMILES string of the molecule is CCNC(=NCc1cc(F)ccc1CS(C)(=O)=O)NCC(=O)N(C)CC(F)(F)F. The number of nitrogens with zero attached hydrogens (tertiary/aromatic N) is 2. The van der Waals surface area contributed by atoms with Crippen molar-refractivity contribution in [1.82, 2.24) is 15.5 Å². The van der Waals surface area contributed by atoms with Crippen LogP contribution < -0.4 is 10.6 Å². The van der Waals surface area contributed by atoms with E-state index < -0.39 is 40.8 Å². The van der Waals surface area contributed by atoms with Gasteiger partial charge in [0.2, 0.25) is 5.91 Å². The van der Waals surface area contributed by atoms with Gasteiger partial charge in [-0.1, -0.05) is 6.07 Å². The predicted octanol–water partition coefficient (Wildman–Crippen LogP) is 1.45. The lowest BCUT2D eigenvalue weighted by Gasteiger charge is -2.20. The molecule has 1 aromatic rings. The van der Waals surface area contributed by atoms with E-state index in [1.165, 1.54) is 6.07 Å². The first-order valence-corrected chi connectivity index (χ1v) is 10.6. The number of carbonyl (C=O) groups excluding carboxylic acids is 1. The van der Waals surface area contributed by atoms with Crippen LogP contribution in [-0.2, 0) is 26.9 Å². The molecule has 0 unspecified atom stereocenters. The molecule has 12 heteroatoms. The summed E-state index contributed by atoms with van der Waals surface area (Å²) < 4.78 is 73.7. The van der Waals surface area contributed by atoms with Crippen molar-refractivity contribution in [2.45, 2.75) is 25.4 Å². The van der Waals surface area contributed by atoms with E-state index in [0.29, 0.717) is 22.6 Å². The summed E-state index contributed by atoms with van der Waals surface area (Å²) in [5.41, 5.74) is 0.725. The van der Waals surface area contributed by atoms with Crippen LogP contribution in [0.4, 0.5) is 17.6 Å². The molecule has 0 saturated heterocycles. The van der Waals surface area contributed by atoms with Crippen LogP contribution in [0.25, 0.3) is 0 Å². The van der Waals surface area contributed by atoms with Gasteiger partial charge in [-0.25, -0.2) is 17.8 Å². The monoisotopic (exact) mass is 440 g/mol. The minimum atomic E-state index is -4.50. The number of guanidine groups is 1. The molecule has 1 amide bonds. The maximum atomic E-state index is 13.6. The van der Waals surface area contributed by atoms with Gasteiger partial charge >= 0.3 is 6.18 Å². The first-order valence-electron chi connectivity index (χ1n) is 8.58. The number of hydrogen-bond donors (Lipinski definition) is 2. The summed E-state index contributed by atoms with van der Waals surface area (Å²) in [4.78, 5) is 16.5. The van der Waals surface area contributed by atoms with E-state index in [2.05, 4.69) is 15.6 Å². The van der Waals surface area contributed by atoms with Crippen LogP contribution in [0.2, 0.25) is 0 Å². The van der Waals surface area contributed by atoms with Crippen LogP contribution in [-0.4, -0.2) is 64.3 Å². The maximum absolute atomic E-state index is 13.6. The minimum Gasteiger partial charge on any atom is -0.357 e. The molecule has 0 aromatic heterocycles. The second-order valence-corrected chi connectivity index (χ2v) is 8.54. The minimum absolute atomic E-state index is 0.0927. The standard InChI is InChI=1S/C17H24F4N4O3S/c1-4-22-16(24-9-15(26)25(2)11-17(19,20)21)23-8-13-7-14(18)6-5-12(13)10-29(3,27)28/h5-7H,4,8-11H2,1-3H3,(H2,22,23,24). The second-order valence-electron chi connectivity index (χ2n) is 6.40. The summed E-state index contributed by atoms with van der Waals surface area (Å²) in [6.07, 6.45) is -3.45. The molecule has 1 aromatic carbocycles. The van der Waals surface area contributed by atoms with E-state index in [1.807, 2.05) is 0 Å². The van der Waals surface area contributed by atoms with Gasteiger partial charge in [0.1, 0.15) is 12.4 Å². The van der Waals surface area contributed by atoms with Gasteiger partial charge in [0.05, 0.1) is 18.8 Å². The third-order valence-corrected chi connectivity index (χ3v) is 4.42. The van der Waals surface area contributed by atoms with Crippen molar-refractivity contribution in [2.75, 3.05) is 32.9 Å². The van der Waals surface area contributed by atoms with Crippen LogP contribution in [0.5, 0.6) is 0 Å². The first kappa shape index (κ1) is 24.7. The van der Waals surface area contributed by atoms with Crippen molar-refractivity contribution < 1.29 is 30.8 Å². The lowest BCUT2D eigenvalue weighted by atomic mass is 10.1. The smallest absolute Gasteiger partial charge is 0.357 e. The highest BCUT2D eigenvalue weighted by Gasteiger charge is 2.31. The Morgan fingerprint density at radius 2 is 1.86 bits per heavy atom. The number of amides is 1. The average Bonchev–Trinajstić information content (AvgIpc) is 2.56. The highest BCUT2D eigenvalue weighted by Crippen LogP contribution is 2.16. The van der Waals surface area contributed by atoms with Crippen molar-refractivity contribution in [2.24, 2.45) is 4.99 Å². The van der Waals surface area contributed by atoms with Crippen molar-refractivity contribution in [3.8, 4) is 0 Å². The number of aliphatic imine (C=N–C) groups is 1. The fourth-order valence-electron chi connectivity index (χ4n) is 2.32.